The molecule has 0 aliphatic carbocycles. The Balaban J connectivity index is 2.51. The van der Waals surface area contributed by atoms with E-state index in [1.165, 1.54) is 6.07 Å². The number of nitrogens with zero attached hydrogens (tertiary/aromatic N) is 1. The van der Waals surface area contributed by atoms with Crippen molar-refractivity contribution in [3.63, 3.8) is 0 Å². The van der Waals surface area contributed by atoms with E-state index in [0.717, 1.165) is 5.56 Å². The first-order valence-electron chi connectivity index (χ1n) is 4.67. The van der Waals surface area contributed by atoms with Crippen LogP contribution in [-0.4, -0.2) is 6.04 Å². The molecular weight excluding hydrogens is 215 g/mol. The molecule has 0 radical (unpaired) electrons. The van der Waals surface area contributed by atoms with E-state index in [0.29, 0.717) is 13.0 Å². The van der Waals surface area contributed by atoms with E-state index in [1.807, 2.05) is 6.92 Å². The average Bonchev–Trinajstić information content (AvgIpc) is 2.20. The molecule has 80 valence electrons. The van der Waals surface area contributed by atoms with Gasteiger partial charge in [-0.2, -0.15) is 5.26 Å². The molecule has 1 aromatic carbocycles. The third-order valence-electron chi connectivity index (χ3n) is 2.04. The Morgan fingerprint density at radius 2 is 2.33 bits per heavy atom. The Labute approximate surface area is 93.7 Å². The highest BCUT2D eigenvalue weighted by Crippen LogP contribution is 2.15. The van der Waals surface area contributed by atoms with Crippen LogP contribution in [0.15, 0.2) is 18.2 Å². The van der Waals surface area contributed by atoms with Crippen LogP contribution >= 0.6 is 11.6 Å². The SMILES string of the molecule is CC(CC#N)NCc1ccc(F)c(Cl)c1. The molecule has 0 amide bonds. The molecule has 1 aromatic rings. The van der Waals surface area contributed by atoms with Crippen molar-refractivity contribution in [1.82, 2.24) is 5.32 Å². The van der Waals surface area contributed by atoms with Crippen molar-refractivity contribution in [1.29, 1.82) is 5.26 Å². The molecule has 1 rings (SSSR count). The lowest BCUT2D eigenvalue weighted by Crippen LogP contribution is -2.24. The quantitative estimate of drug-likeness (QED) is 0.857. The number of hydrogen-bond acceptors (Lipinski definition) is 2. The van der Waals surface area contributed by atoms with E-state index in [2.05, 4.69) is 11.4 Å². The summed E-state index contributed by atoms with van der Waals surface area (Å²) >= 11 is 5.64. The maximum atomic E-state index is 12.8. The number of nitrogens with one attached hydrogen (secondary N) is 1. The molecule has 0 aromatic heterocycles. The number of nitriles is 1. The predicted molar refractivity (Wildman–Crippen MR) is 57.9 cm³/mol. The molecule has 0 bridgehead atoms. The molecule has 0 heterocycles. The van der Waals surface area contributed by atoms with Gasteiger partial charge in [-0.15, -0.1) is 0 Å². The van der Waals surface area contributed by atoms with Crippen LogP contribution in [0, 0.1) is 17.1 Å². The van der Waals surface area contributed by atoms with E-state index in [1.54, 1.807) is 12.1 Å². The first-order valence-corrected chi connectivity index (χ1v) is 5.05. The van der Waals surface area contributed by atoms with Crippen molar-refractivity contribution in [3.8, 4) is 6.07 Å². The average molecular weight is 227 g/mol. The summed E-state index contributed by atoms with van der Waals surface area (Å²) in [6.07, 6.45) is 0.453. The van der Waals surface area contributed by atoms with Crippen LogP contribution in [0.5, 0.6) is 0 Å². The van der Waals surface area contributed by atoms with Gasteiger partial charge in [0.15, 0.2) is 0 Å². The van der Waals surface area contributed by atoms with Crippen molar-refractivity contribution < 1.29 is 4.39 Å². The molecule has 1 N–H and O–H groups in total. The standard InChI is InChI=1S/C11H12ClFN2/c1-8(4-5-14)15-7-9-2-3-11(13)10(12)6-9/h2-3,6,8,15H,4,7H2,1H3. The van der Waals surface area contributed by atoms with Crippen molar-refractivity contribution in [2.45, 2.75) is 25.9 Å². The Morgan fingerprint density at radius 3 is 2.93 bits per heavy atom. The highest BCUT2D eigenvalue weighted by molar-refractivity contribution is 6.30. The van der Waals surface area contributed by atoms with Gasteiger partial charge in [-0.1, -0.05) is 17.7 Å². The number of benzene rings is 1. The molecule has 0 fully saturated rings. The summed E-state index contributed by atoms with van der Waals surface area (Å²) in [4.78, 5) is 0. The third kappa shape index (κ3) is 3.86. The first kappa shape index (κ1) is 12.0. The van der Waals surface area contributed by atoms with Gasteiger partial charge in [0.2, 0.25) is 0 Å². The van der Waals surface area contributed by atoms with Gasteiger partial charge in [0.1, 0.15) is 5.82 Å². The predicted octanol–water partition coefficient (Wildman–Crippen LogP) is 2.87. The van der Waals surface area contributed by atoms with E-state index >= 15 is 0 Å². The van der Waals surface area contributed by atoms with Crippen LogP contribution in [0.3, 0.4) is 0 Å². The Bertz CT molecular complexity index is 373. The van der Waals surface area contributed by atoms with Crippen LogP contribution in [0.4, 0.5) is 4.39 Å². The summed E-state index contributed by atoms with van der Waals surface area (Å²) in [5.74, 6) is -0.412. The lowest BCUT2D eigenvalue weighted by molar-refractivity contribution is 0.556. The molecule has 2 nitrogen and oxygen atoms in total. The lowest BCUT2D eigenvalue weighted by Gasteiger charge is -2.10. The summed E-state index contributed by atoms with van der Waals surface area (Å²) in [6.45, 7) is 2.51. The number of halogens is 2. The molecule has 4 heteroatoms. The van der Waals surface area contributed by atoms with Crippen molar-refractivity contribution in [3.05, 3.63) is 34.6 Å². The monoisotopic (exact) mass is 226 g/mol. The van der Waals surface area contributed by atoms with Gasteiger partial charge in [0.05, 0.1) is 17.5 Å². The minimum Gasteiger partial charge on any atom is -0.309 e. The van der Waals surface area contributed by atoms with Gasteiger partial charge in [-0.25, -0.2) is 4.39 Å². The van der Waals surface area contributed by atoms with Crippen LogP contribution < -0.4 is 5.32 Å². The van der Waals surface area contributed by atoms with Gasteiger partial charge < -0.3 is 5.32 Å². The normalized spacial score (nSPS) is 12.1. The summed E-state index contributed by atoms with van der Waals surface area (Å²) in [5.41, 5.74) is 0.909. The minimum absolute atomic E-state index is 0.124. The van der Waals surface area contributed by atoms with Crippen LogP contribution in [0.2, 0.25) is 5.02 Å². The molecule has 1 unspecified atom stereocenters. The van der Waals surface area contributed by atoms with Gasteiger partial charge in [0, 0.05) is 12.6 Å². The Hall–Kier alpha value is -1.11. The van der Waals surface area contributed by atoms with Crippen molar-refractivity contribution in [2.24, 2.45) is 0 Å². The number of rotatable bonds is 4. The van der Waals surface area contributed by atoms with Crippen molar-refractivity contribution >= 4 is 11.6 Å². The summed E-state index contributed by atoms with van der Waals surface area (Å²) < 4.78 is 12.8. The number of hydrogen-bond donors (Lipinski definition) is 1. The molecule has 1 atom stereocenters. The maximum Gasteiger partial charge on any atom is 0.141 e. The van der Waals surface area contributed by atoms with E-state index < -0.39 is 5.82 Å². The van der Waals surface area contributed by atoms with Crippen LogP contribution in [0.1, 0.15) is 18.9 Å². The zero-order valence-electron chi connectivity index (χ0n) is 8.43. The highest BCUT2D eigenvalue weighted by Gasteiger charge is 2.03. The largest absolute Gasteiger partial charge is 0.309 e. The maximum absolute atomic E-state index is 12.8. The molecule has 0 aliphatic rings. The molecule has 0 saturated carbocycles. The Morgan fingerprint density at radius 1 is 1.60 bits per heavy atom. The highest BCUT2D eigenvalue weighted by atomic mass is 35.5. The molecule has 0 aliphatic heterocycles. The Kier molecular flexibility index (Phi) is 4.54. The third-order valence-corrected chi connectivity index (χ3v) is 2.33. The topological polar surface area (TPSA) is 35.8 Å². The summed E-state index contributed by atoms with van der Waals surface area (Å²) in [5, 5.41) is 11.7. The fraction of sp³-hybridized carbons (Fsp3) is 0.364. The first-order chi connectivity index (χ1) is 7.13. The summed E-state index contributed by atoms with van der Waals surface area (Å²) in [7, 11) is 0. The van der Waals surface area contributed by atoms with Gasteiger partial charge in [-0.3, -0.25) is 0 Å². The zero-order chi connectivity index (χ0) is 11.3. The zero-order valence-corrected chi connectivity index (χ0v) is 9.18. The summed E-state index contributed by atoms with van der Waals surface area (Å²) in [6, 6.07) is 6.80. The molecule has 15 heavy (non-hydrogen) atoms. The fourth-order valence-electron chi connectivity index (χ4n) is 1.15. The van der Waals surface area contributed by atoms with Gasteiger partial charge in [0.25, 0.3) is 0 Å². The van der Waals surface area contributed by atoms with Gasteiger partial charge in [-0.05, 0) is 24.6 Å². The van der Waals surface area contributed by atoms with E-state index in [-0.39, 0.29) is 11.1 Å². The molecule has 0 saturated heterocycles. The van der Waals surface area contributed by atoms with Crippen LogP contribution in [0.25, 0.3) is 0 Å². The molecular formula is C11H12ClFN2. The smallest absolute Gasteiger partial charge is 0.141 e. The second kappa shape index (κ2) is 5.69. The fourth-order valence-corrected chi connectivity index (χ4v) is 1.35. The minimum atomic E-state index is -0.412. The van der Waals surface area contributed by atoms with E-state index in [9.17, 15) is 4.39 Å². The van der Waals surface area contributed by atoms with Gasteiger partial charge >= 0.3 is 0 Å². The van der Waals surface area contributed by atoms with Crippen molar-refractivity contribution in [2.75, 3.05) is 0 Å². The van der Waals surface area contributed by atoms with E-state index in [4.69, 9.17) is 16.9 Å². The lowest BCUT2D eigenvalue weighted by atomic mass is 10.2. The second-order valence-corrected chi connectivity index (χ2v) is 3.80. The molecule has 0 spiro atoms. The van der Waals surface area contributed by atoms with Crippen LogP contribution in [-0.2, 0) is 6.54 Å². The second-order valence-electron chi connectivity index (χ2n) is 3.39.